The van der Waals surface area contributed by atoms with Crippen LogP contribution in [0.15, 0.2) is 24.3 Å². The Hall–Kier alpha value is -1.95. The molecule has 134 valence electrons. The lowest BCUT2D eigenvalue weighted by Gasteiger charge is -2.30. The van der Waals surface area contributed by atoms with Crippen molar-refractivity contribution in [1.29, 1.82) is 0 Å². The number of esters is 1. The molecule has 6 nitrogen and oxygen atoms in total. The van der Waals surface area contributed by atoms with Gasteiger partial charge in [0.05, 0.1) is 10.5 Å². The number of ether oxygens (including phenoxy) is 1. The molecule has 0 bridgehead atoms. The first-order valence-corrected chi connectivity index (χ1v) is 8.44. The maximum Gasteiger partial charge on any atom is 0.338 e. The summed E-state index contributed by atoms with van der Waals surface area (Å²) in [6, 6.07) is 5.91. The molecule has 0 saturated carbocycles. The summed E-state index contributed by atoms with van der Waals surface area (Å²) in [6.07, 6.45) is 4.66. The zero-order valence-corrected chi connectivity index (χ0v) is 15.0. The number of nitrogens with one attached hydrogen (secondary N) is 1. The van der Waals surface area contributed by atoms with Crippen molar-refractivity contribution in [3.8, 4) is 0 Å². The van der Waals surface area contributed by atoms with Gasteiger partial charge in [0.15, 0.2) is 0 Å². The van der Waals surface area contributed by atoms with E-state index >= 15 is 0 Å². The number of nitro benzene ring substituents is 1. The summed E-state index contributed by atoms with van der Waals surface area (Å²) in [5.74, 6) is -0.549. The summed E-state index contributed by atoms with van der Waals surface area (Å²) in [6.45, 7) is 8.45. The molecule has 1 aromatic rings. The van der Waals surface area contributed by atoms with E-state index in [1.807, 2.05) is 13.8 Å². The molecule has 24 heavy (non-hydrogen) atoms. The number of carbonyl (C=O) groups excluding carboxylic acids is 1. The first kappa shape index (κ1) is 20.1. The molecular weight excluding hydrogens is 308 g/mol. The van der Waals surface area contributed by atoms with Crippen LogP contribution in [0.4, 0.5) is 5.69 Å². The maximum atomic E-state index is 12.1. The number of non-ortho nitro benzene ring substituents is 1. The summed E-state index contributed by atoms with van der Waals surface area (Å²) >= 11 is 0. The number of benzene rings is 1. The van der Waals surface area contributed by atoms with Crippen LogP contribution in [0, 0.1) is 10.1 Å². The van der Waals surface area contributed by atoms with Crippen LogP contribution in [0.5, 0.6) is 0 Å². The van der Waals surface area contributed by atoms with Crippen LogP contribution in [0.3, 0.4) is 0 Å². The van der Waals surface area contributed by atoms with E-state index in [0.29, 0.717) is 6.04 Å². The molecule has 1 aromatic carbocycles. The van der Waals surface area contributed by atoms with Crippen molar-refractivity contribution in [2.45, 2.75) is 65.0 Å². The highest BCUT2D eigenvalue weighted by Gasteiger charge is 2.23. The van der Waals surface area contributed by atoms with Gasteiger partial charge in [-0.3, -0.25) is 10.1 Å². The lowest BCUT2D eigenvalue weighted by molar-refractivity contribution is -0.384. The molecule has 0 amide bonds. The van der Waals surface area contributed by atoms with Gasteiger partial charge in [-0.25, -0.2) is 4.79 Å². The topological polar surface area (TPSA) is 81.5 Å². The lowest BCUT2D eigenvalue weighted by Crippen LogP contribution is -2.48. The molecule has 0 aliphatic heterocycles. The van der Waals surface area contributed by atoms with E-state index in [2.05, 4.69) is 19.2 Å². The minimum atomic E-state index is -0.549. The minimum absolute atomic E-state index is 0.119. The predicted octanol–water partition coefficient (Wildman–Crippen LogP) is 4.09. The van der Waals surface area contributed by atoms with E-state index in [1.165, 1.54) is 43.5 Å². The molecular formula is C18H28N2O4. The summed E-state index contributed by atoms with van der Waals surface area (Å²) in [7, 11) is 0. The summed E-state index contributed by atoms with van der Waals surface area (Å²) in [4.78, 5) is 22.3. The normalized spacial score (nSPS) is 12.7. The van der Waals surface area contributed by atoms with Gasteiger partial charge in [-0.05, 0) is 33.3 Å². The van der Waals surface area contributed by atoms with Gasteiger partial charge in [0, 0.05) is 23.7 Å². The molecule has 0 spiro atoms. The molecule has 0 aromatic heterocycles. The van der Waals surface area contributed by atoms with Gasteiger partial charge < -0.3 is 10.1 Å². The highest BCUT2D eigenvalue weighted by Crippen LogP contribution is 2.15. The predicted molar refractivity (Wildman–Crippen MR) is 94.2 cm³/mol. The van der Waals surface area contributed by atoms with Crippen LogP contribution >= 0.6 is 0 Å². The van der Waals surface area contributed by atoms with Crippen LogP contribution in [-0.2, 0) is 4.74 Å². The van der Waals surface area contributed by atoms with Gasteiger partial charge >= 0.3 is 5.97 Å². The zero-order valence-electron chi connectivity index (χ0n) is 15.0. The number of rotatable bonds is 10. The van der Waals surface area contributed by atoms with E-state index in [-0.39, 0.29) is 23.4 Å². The first-order valence-electron chi connectivity index (χ1n) is 8.44. The van der Waals surface area contributed by atoms with Gasteiger partial charge in [0.1, 0.15) is 6.61 Å². The number of carbonyl (C=O) groups is 1. The third-order valence-electron chi connectivity index (χ3n) is 3.73. The lowest BCUT2D eigenvalue weighted by atomic mass is 10.0. The fraction of sp³-hybridized carbons (Fsp3) is 0.611. The SMILES string of the molecule is CCCCC[C@H](C)NC(C)(C)COC(=O)c1cccc([N+](=O)[O-])c1. The molecule has 0 fully saturated rings. The molecule has 0 unspecified atom stereocenters. The Morgan fingerprint density at radius 2 is 2.08 bits per heavy atom. The smallest absolute Gasteiger partial charge is 0.338 e. The van der Waals surface area contributed by atoms with Gasteiger partial charge in [-0.1, -0.05) is 32.3 Å². The fourth-order valence-electron chi connectivity index (χ4n) is 2.56. The number of nitrogens with zero attached hydrogens (tertiary/aromatic N) is 1. The number of unbranched alkanes of at least 4 members (excludes halogenated alkanes) is 2. The average Bonchev–Trinajstić information content (AvgIpc) is 2.52. The molecule has 0 aliphatic rings. The molecule has 1 atom stereocenters. The van der Waals surface area contributed by atoms with E-state index in [1.54, 1.807) is 0 Å². The molecule has 1 N–H and O–H groups in total. The summed E-state index contributed by atoms with van der Waals surface area (Å²) < 4.78 is 5.33. The van der Waals surface area contributed by atoms with E-state index in [0.717, 1.165) is 6.42 Å². The van der Waals surface area contributed by atoms with Crippen molar-refractivity contribution in [3.05, 3.63) is 39.9 Å². The van der Waals surface area contributed by atoms with Crippen molar-refractivity contribution in [3.63, 3.8) is 0 Å². The Morgan fingerprint density at radius 3 is 2.71 bits per heavy atom. The Labute approximate surface area is 143 Å². The van der Waals surface area contributed by atoms with E-state index in [4.69, 9.17) is 4.74 Å². The maximum absolute atomic E-state index is 12.1. The first-order chi connectivity index (χ1) is 11.2. The van der Waals surface area contributed by atoms with E-state index < -0.39 is 10.9 Å². The molecule has 0 radical (unpaired) electrons. The summed E-state index contributed by atoms with van der Waals surface area (Å²) in [5, 5.41) is 14.2. The molecule has 0 aliphatic carbocycles. The van der Waals surface area contributed by atoms with Crippen LogP contribution < -0.4 is 5.32 Å². The molecule has 0 heterocycles. The van der Waals surface area contributed by atoms with Crippen LogP contribution in [0.25, 0.3) is 0 Å². The monoisotopic (exact) mass is 336 g/mol. The van der Waals surface area contributed by atoms with Crippen LogP contribution in [0.2, 0.25) is 0 Å². The largest absolute Gasteiger partial charge is 0.460 e. The Morgan fingerprint density at radius 1 is 1.38 bits per heavy atom. The molecule has 0 saturated heterocycles. The second-order valence-electron chi connectivity index (χ2n) is 6.81. The van der Waals surface area contributed by atoms with Crippen molar-refractivity contribution in [2.75, 3.05) is 6.61 Å². The molecule has 1 rings (SSSR count). The number of nitro groups is 1. The Bertz CT molecular complexity index is 558. The average molecular weight is 336 g/mol. The van der Waals surface area contributed by atoms with Crippen molar-refractivity contribution >= 4 is 11.7 Å². The Balaban J connectivity index is 2.52. The standard InChI is InChI=1S/C18H28N2O4/c1-5-6-7-9-14(2)19-18(3,4)13-24-17(21)15-10-8-11-16(12-15)20(22)23/h8,10-12,14,19H,5-7,9,13H2,1-4H3/t14-/m0/s1. The van der Waals surface area contributed by atoms with Crippen molar-refractivity contribution < 1.29 is 14.5 Å². The third kappa shape index (κ3) is 7.08. The fourth-order valence-corrected chi connectivity index (χ4v) is 2.56. The van der Waals surface area contributed by atoms with Gasteiger partial charge in [0.2, 0.25) is 0 Å². The minimum Gasteiger partial charge on any atom is -0.460 e. The van der Waals surface area contributed by atoms with E-state index in [9.17, 15) is 14.9 Å². The van der Waals surface area contributed by atoms with Crippen molar-refractivity contribution in [2.24, 2.45) is 0 Å². The van der Waals surface area contributed by atoms with Gasteiger partial charge in [0.25, 0.3) is 5.69 Å². The Kier molecular flexibility index (Phi) is 7.85. The highest BCUT2D eigenvalue weighted by molar-refractivity contribution is 5.90. The second-order valence-corrected chi connectivity index (χ2v) is 6.81. The highest BCUT2D eigenvalue weighted by atomic mass is 16.6. The third-order valence-corrected chi connectivity index (χ3v) is 3.73. The zero-order chi connectivity index (χ0) is 18.2. The van der Waals surface area contributed by atoms with Crippen molar-refractivity contribution in [1.82, 2.24) is 5.32 Å². The quantitative estimate of drug-likeness (QED) is 0.301. The van der Waals surface area contributed by atoms with Crippen LogP contribution in [-0.4, -0.2) is 29.1 Å². The van der Waals surface area contributed by atoms with Gasteiger partial charge in [-0.2, -0.15) is 0 Å². The van der Waals surface area contributed by atoms with Gasteiger partial charge in [-0.15, -0.1) is 0 Å². The number of hydrogen-bond donors (Lipinski definition) is 1. The molecule has 6 heteroatoms. The number of hydrogen-bond acceptors (Lipinski definition) is 5. The second kappa shape index (κ2) is 9.37. The van der Waals surface area contributed by atoms with Crippen LogP contribution in [0.1, 0.15) is 63.7 Å². The summed E-state index contributed by atoms with van der Waals surface area (Å²) in [5.41, 5.74) is -0.287.